The molecule has 0 unspecified atom stereocenters. The normalized spacial score (nSPS) is 10.8. The standard InChI is InChI=1S/C22H23N3O2/c1-17-9-6-7-12-20(17)15-21(24-18(2)26)22(27)25(14-8-13-23)16-19-10-4-3-5-11-19/h3-7,9-12,15H,8,14,16H2,1-2H3,(H,24,26)/b21-15+. The summed E-state index contributed by atoms with van der Waals surface area (Å²) >= 11 is 0. The van der Waals surface area contributed by atoms with E-state index >= 15 is 0 Å². The molecule has 2 aromatic rings. The third kappa shape index (κ3) is 6.12. The minimum Gasteiger partial charge on any atom is -0.332 e. The zero-order chi connectivity index (χ0) is 19.6. The molecule has 0 aliphatic rings. The fourth-order valence-corrected chi connectivity index (χ4v) is 2.66. The fourth-order valence-electron chi connectivity index (χ4n) is 2.66. The number of carbonyl (C=O) groups excluding carboxylic acids is 2. The van der Waals surface area contributed by atoms with Crippen LogP contribution < -0.4 is 5.32 Å². The first kappa shape index (κ1) is 19.9. The molecule has 2 aromatic carbocycles. The molecule has 138 valence electrons. The smallest absolute Gasteiger partial charge is 0.270 e. The van der Waals surface area contributed by atoms with Crippen molar-refractivity contribution < 1.29 is 9.59 Å². The number of rotatable bonds is 7. The van der Waals surface area contributed by atoms with E-state index in [1.54, 1.807) is 11.0 Å². The van der Waals surface area contributed by atoms with Gasteiger partial charge in [-0.15, -0.1) is 0 Å². The van der Waals surface area contributed by atoms with E-state index in [9.17, 15) is 9.59 Å². The molecule has 2 rings (SSSR count). The van der Waals surface area contributed by atoms with E-state index in [-0.39, 0.29) is 30.5 Å². The average Bonchev–Trinajstić information content (AvgIpc) is 2.66. The quantitative estimate of drug-likeness (QED) is 0.768. The van der Waals surface area contributed by atoms with Crippen molar-refractivity contribution in [1.82, 2.24) is 10.2 Å². The van der Waals surface area contributed by atoms with E-state index in [2.05, 4.69) is 11.4 Å². The molecule has 0 fully saturated rings. The van der Waals surface area contributed by atoms with E-state index in [0.717, 1.165) is 16.7 Å². The molecule has 0 saturated heterocycles. The van der Waals surface area contributed by atoms with E-state index in [1.165, 1.54) is 6.92 Å². The number of nitriles is 1. The highest BCUT2D eigenvalue weighted by molar-refractivity contribution is 6.01. The lowest BCUT2D eigenvalue weighted by Gasteiger charge is -2.23. The van der Waals surface area contributed by atoms with Crippen molar-refractivity contribution in [2.45, 2.75) is 26.8 Å². The van der Waals surface area contributed by atoms with Crippen molar-refractivity contribution in [3.05, 3.63) is 77.0 Å². The van der Waals surface area contributed by atoms with Gasteiger partial charge in [-0.2, -0.15) is 5.26 Å². The Balaban J connectivity index is 2.35. The van der Waals surface area contributed by atoms with Crippen LogP contribution in [0.4, 0.5) is 0 Å². The summed E-state index contributed by atoms with van der Waals surface area (Å²) in [6.07, 6.45) is 1.90. The maximum Gasteiger partial charge on any atom is 0.270 e. The van der Waals surface area contributed by atoms with Crippen LogP contribution in [0.3, 0.4) is 0 Å². The SMILES string of the molecule is CC(=O)N/C(=C/c1ccccc1C)C(=O)N(CCC#N)Cc1ccccc1. The Kier molecular flexibility index (Phi) is 7.33. The van der Waals surface area contributed by atoms with Gasteiger partial charge in [-0.05, 0) is 29.7 Å². The van der Waals surface area contributed by atoms with E-state index in [4.69, 9.17) is 5.26 Å². The molecule has 0 aliphatic heterocycles. The first-order valence-electron chi connectivity index (χ1n) is 8.76. The monoisotopic (exact) mass is 361 g/mol. The maximum atomic E-state index is 13.1. The van der Waals surface area contributed by atoms with Gasteiger partial charge in [0.05, 0.1) is 12.5 Å². The lowest BCUT2D eigenvalue weighted by atomic mass is 10.1. The highest BCUT2D eigenvalue weighted by Crippen LogP contribution is 2.14. The van der Waals surface area contributed by atoms with Gasteiger partial charge >= 0.3 is 0 Å². The van der Waals surface area contributed by atoms with Crippen LogP contribution in [0.2, 0.25) is 0 Å². The molecule has 0 aromatic heterocycles. The summed E-state index contributed by atoms with van der Waals surface area (Å²) in [6.45, 7) is 3.97. The van der Waals surface area contributed by atoms with E-state index < -0.39 is 0 Å². The van der Waals surface area contributed by atoms with Gasteiger partial charge in [-0.3, -0.25) is 9.59 Å². The fraction of sp³-hybridized carbons (Fsp3) is 0.227. The third-order valence-electron chi connectivity index (χ3n) is 4.03. The second-order valence-electron chi connectivity index (χ2n) is 6.22. The predicted octanol–water partition coefficient (Wildman–Crippen LogP) is 3.41. The Labute approximate surface area is 159 Å². The molecule has 2 amide bonds. The van der Waals surface area contributed by atoms with Crippen LogP contribution >= 0.6 is 0 Å². The number of amides is 2. The lowest BCUT2D eigenvalue weighted by molar-refractivity contribution is -0.129. The topological polar surface area (TPSA) is 73.2 Å². The second kappa shape index (κ2) is 9.93. The van der Waals surface area contributed by atoms with Gasteiger partial charge in [0.1, 0.15) is 5.70 Å². The Bertz CT molecular complexity index is 867. The number of hydrogen-bond donors (Lipinski definition) is 1. The van der Waals surface area contributed by atoms with Gasteiger partial charge in [-0.1, -0.05) is 54.6 Å². The van der Waals surface area contributed by atoms with Crippen molar-refractivity contribution in [2.24, 2.45) is 0 Å². The van der Waals surface area contributed by atoms with Crippen molar-refractivity contribution in [3.8, 4) is 6.07 Å². The molecule has 0 aliphatic carbocycles. The number of carbonyl (C=O) groups is 2. The van der Waals surface area contributed by atoms with Gasteiger partial charge in [0.2, 0.25) is 5.91 Å². The minimum atomic E-state index is -0.317. The van der Waals surface area contributed by atoms with Crippen LogP contribution in [0.15, 0.2) is 60.3 Å². The Morgan fingerprint density at radius 3 is 2.41 bits per heavy atom. The zero-order valence-electron chi connectivity index (χ0n) is 15.6. The molecule has 5 nitrogen and oxygen atoms in total. The highest BCUT2D eigenvalue weighted by atomic mass is 16.2. The van der Waals surface area contributed by atoms with Gasteiger partial charge in [0.25, 0.3) is 5.91 Å². The summed E-state index contributed by atoms with van der Waals surface area (Å²) in [6, 6.07) is 19.3. The Morgan fingerprint density at radius 2 is 1.78 bits per heavy atom. The van der Waals surface area contributed by atoms with Crippen LogP contribution in [0.1, 0.15) is 30.0 Å². The molecule has 0 heterocycles. The number of nitrogens with one attached hydrogen (secondary N) is 1. The number of aryl methyl sites for hydroxylation is 1. The molecule has 0 radical (unpaired) electrons. The third-order valence-corrected chi connectivity index (χ3v) is 4.03. The van der Waals surface area contributed by atoms with Crippen LogP contribution in [-0.2, 0) is 16.1 Å². The molecule has 0 spiro atoms. The largest absolute Gasteiger partial charge is 0.332 e. The van der Waals surface area contributed by atoms with Crippen molar-refractivity contribution in [1.29, 1.82) is 5.26 Å². The molecule has 5 heteroatoms. The van der Waals surface area contributed by atoms with Crippen molar-refractivity contribution in [3.63, 3.8) is 0 Å². The Hall–Kier alpha value is -3.39. The van der Waals surface area contributed by atoms with Crippen LogP contribution in [0.5, 0.6) is 0 Å². The molecule has 0 bridgehead atoms. The van der Waals surface area contributed by atoms with Crippen molar-refractivity contribution >= 4 is 17.9 Å². The number of nitrogens with zero attached hydrogens (tertiary/aromatic N) is 2. The van der Waals surface area contributed by atoms with Gasteiger partial charge in [-0.25, -0.2) is 0 Å². The van der Waals surface area contributed by atoms with E-state index in [1.807, 2.05) is 61.5 Å². The number of benzene rings is 2. The molecule has 0 atom stereocenters. The first-order valence-corrected chi connectivity index (χ1v) is 8.76. The highest BCUT2D eigenvalue weighted by Gasteiger charge is 2.20. The predicted molar refractivity (Wildman–Crippen MR) is 105 cm³/mol. The summed E-state index contributed by atoms with van der Waals surface area (Å²) in [5, 5.41) is 11.6. The van der Waals surface area contributed by atoms with Crippen LogP contribution in [0, 0.1) is 18.3 Å². The zero-order valence-corrected chi connectivity index (χ0v) is 15.6. The maximum absolute atomic E-state index is 13.1. The first-order chi connectivity index (χ1) is 13.0. The molecular formula is C22H23N3O2. The van der Waals surface area contributed by atoms with E-state index in [0.29, 0.717) is 6.54 Å². The van der Waals surface area contributed by atoms with Crippen LogP contribution in [0.25, 0.3) is 6.08 Å². The summed E-state index contributed by atoms with van der Waals surface area (Å²) < 4.78 is 0. The summed E-state index contributed by atoms with van der Waals surface area (Å²) in [5.74, 6) is -0.629. The minimum absolute atomic E-state index is 0.200. The van der Waals surface area contributed by atoms with Crippen molar-refractivity contribution in [2.75, 3.05) is 6.54 Å². The summed E-state index contributed by atoms with van der Waals surface area (Å²) in [7, 11) is 0. The summed E-state index contributed by atoms with van der Waals surface area (Å²) in [5.41, 5.74) is 3.02. The summed E-state index contributed by atoms with van der Waals surface area (Å²) in [4.78, 5) is 26.4. The molecule has 0 saturated carbocycles. The van der Waals surface area contributed by atoms with Gasteiger partial charge in [0.15, 0.2) is 0 Å². The van der Waals surface area contributed by atoms with Gasteiger partial charge < -0.3 is 10.2 Å². The second-order valence-corrected chi connectivity index (χ2v) is 6.22. The Morgan fingerprint density at radius 1 is 1.11 bits per heavy atom. The van der Waals surface area contributed by atoms with Crippen LogP contribution in [-0.4, -0.2) is 23.3 Å². The lowest BCUT2D eigenvalue weighted by Crippen LogP contribution is -2.38. The molecular weight excluding hydrogens is 338 g/mol. The average molecular weight is 361 g/mol. The van der Waals surface area contributed by atoms with Gasteiger partial charge in [0, 0.05) is 20.0 Å². The molecule has 1 N–H and O–H groups in total. The molecule has 27 heavy (non-hydrogen) atoms. The number of hydrogen-bond acceptors (Lipinski definition) is 3.